The molecule has 0 aromatic heterocycles. The summed E-state index contributed by atoms with van der Waals surface area (Å²) < 4.78 is 0. The number of nitrogens with zero attached hydrogens (tertiary/aromatic N) is 1. The van der Waals surface area contributed by atoms with Crippen molar-refractivity contribution in [2.45, 2.75) is 19.3 Å². The van der Waals surface area contributed by atoms with Crippen LogP contribution in [0, 0.1) is 0 Å². The van der Waals surface area contributed by atoms with Gasteiger partial charge in [0.2, 0.25) is 0 Å². The number of hydrogen-bond acceptors (Lipinski definition) is 2. The molecule has 0 radical (unpaired) electrons. The third kappa shape index (κ3) is 1.90. The van der Waals surface area contributed by atoms with Gasteiger partial charge in [0.05, 0.1) is 0 Å². The fourth-order valence-corrected chi connectivity index (χ4v) is 2.03. The zero-order valence-electron chi connectivity index (χ0n) is 8.61. The lowest BCUT2D eigenvalue weighted by Gasteiger charge is -2.39. The summed E-state index contributed by atoms with van der Waals surface area (Å²) >= 11 is 0. The number of benzene rings is 1. The molecule has 0 saturated carbocycles. The van der Waals surface area contributed by atoms with Crippen LogP contribution in [0.15, 0.2) is 24.3 Å². The summed E-state index contributed by atoms with van der Waals surface area (Å²) in [6.07, 6.45) is 1.24. The Bertz CT molecular complexity index is 288. The molecule has 1 heterocycles. The Morgan fingerprint density at radius 1 is 1.29 bits per heavy atom. The van der Waals surface area contributed by atoms with Gasteiger partial charge in [0.1, 0.15) is 5.75 Å². The Hall–Kier alpha value is -1.02. The maximum Gasteiger partial charge on any atom is 0.115 e. The van der Waals surface area contributed by atoms with Crippen molar-refractivity contribution in [2.75, 3.05) is 19.6 Å². The van der Waals surface area contributed by atoms with Crippen LogP contribution in [0.5, 0.6) is 5.75 Å². The van der Waals surface area contributed by atoms with Crippen molar-refractivity contribution >= 4 is 0 Å². The molecule has 1 aliphatic rings. The third-order valence-corrected chi connectivity index (χ3v) is 2.86. The molecule has 1 aromatic carbocycles. The predicted molar refractivity (Wildman–Crippen MR) is 57.6 cm³/mol. The summed E-state index contributed by atoms with van der Waals surface area (Å²) in [4.78, 5) is 2.47. The lowest BCUT2D eigenvalue weighted by Crippen LogP contribution is -2.45. The summed E-state index contributed by atoms with van der Waals surface area (Å²) in [7, 11) is 0. The van der Waals surface area contributed by atoms with Crippen molar-refractivity contribution in [1.29, 1.82) is 0 Å². The van der Waals surface area contributed by atoms with Gasteiger partial charge in [-0.25, -0.2) is 0 Å². The smallest absolute Gasteiger partial charge is 0.115 e. The van der Waals surface area contributed by atoms with E-state index >= 15 is 0 Å². The maximum atomic E-state index is 9.15. The Morgan fingerprint density at radius 2 is 1.93 bits per heavy atom. The first-order chi connectivity index (χ1) is 6.79. The van der Waals surface area contributed by atoms with Crippen LogP contribution in [0.1, 0.15) is 24.8 Å². The van der Waals surface area contributed by atoms with Gasteiger partial charge in [-0.2, -0.15) is 0 Å². The molecule has 2 rings (SSSR count). The second kappa shape index (κ2) is 4.01. The molecule has 0 unspecified atom stereocenters. The largest absolute Gasteiger partial charge is 0.508 e. The maximum absolute atomic E-state index is 9.15. The molecule has 1 aliphatic heterocycles. The highest BCUT2D eigenvalue weighted by Gasteiger charge is 2.26. The van der Waals surface area contributed by atoms with Crippen LogP contribution >= 0.6 is 0 Å². The van der Waals surface area contributed by atoms with Gasteiger partial charge >= 0.3 is 0 Å². The standard InChI is InChI=1S/C12H17NO/c1-2-7-13-8-11(9-13)10-3-5-12(14)6-4-10/h3-6,11,14H,2,7-9H2,1H3. The third-order valence-electron chi connectivity index (χ3n) is 2.86. The number of likely N-dealkylation sites (tertiary alicyclic amines) is 1. The molecule has 0 amide bonds. The number of aromatic hydroxyl groups is 1. The number of phenols is 1. The SMILES string of the molecule is CCCN1CC(c2ccc(O)cc2)C1. The van der Waals surface area contributed by atoms with Crippen LogP contribution in [0.4, 0.5) is 0 Å². The van der Waals surface area contributed by atoms with Gasteiger partial charge in [0, 0.05) is 19.0 Å². The Balaban J connectivity index is 1.90. The Kier molecular flexibility index (Phi) is 2.73. The second-order valence-corrected chi connectivity index (χ2v) is 4.05. The van der Waals surface area contributed by atoms with Crippen LogP contribution in [0.3, 0.4) is 0 Å². The van der Waals surface area contributed by atoms with Crippen molar-refractivity contribution in [3.05, 3.63) is 29.8 Å². The van der Waals surface area contributed by atoms with Crippen LogP contribution in [0.2, 0.25) is 0 Å². The van der Waals surface area contributed by atoms with E-state index in [0.29, 0.717) is 11.7 Å². The first-order valence-electron chi connectivity index (χ1n) is 5.31. The molecular weight excluding hydrogens is 174 g/mol. The minimum Gasteiger partial charge on any atom is -0.508 e. The molecule has 0 atom stereocenters. The van der Waals surface area contributed by atoms with E-state index in [-0.39, 0.29) is 0 Å². The summed E-state index contributed by atoms with van der Waals surface area (Å²) in [5.41, 5.74) is 1.36. The molecule has 1 fully saturated rings. The Morgan fingerprint density at radius 3 is 2.50 bits per heavy atom. The minimum atomic E-state index is 0.360. The molecule has 1 saturated heterocycles. The monoisotopic (exact) mass is 191 g/mol. The van der Waals surface area contributed by atoms with E-state index < -0.39 is 0 Å². The van der Waals surface area contributed by atoms with E-state index in [2.05, 4.69) is 11.8 Å². The van der Waals surface area contributed by atoms with E-state index in [0.717, 1.165) is 0 Å². The lowest BCUT2D eigenvalue weighted by atomic mass is 9.91. The topological polar surface area (TPSA) is 23.5 Å². The van der Waals surface area contributed by atoms with Gasteiger partial charge in [-0.3, -0.25) is 0 Å². The van der Waals surface area contributed by atoms with Gasteiger partial charge < -0.3 is 10.0 Å². The molecule has 1 N–H and O–H groups in total. The van der Waals surface area contributed by atoms with E-state index in [4.69, 9.17) is 5.11 Å². The van der Waals surface area contributed by atoms with Gasteiger partial charge in [0.25, 0.3) is 0 Å². The molecule has 76 valence electrons. The van der Waals surface area contributed by atoms with Crippen molar-refractivity contribution in [1.82, 2.24) is 4.90 Å². The van der Waals surface area contributed by atoms with E-state index in [1.54, 1.807) is 12.1 Å². The zero-order valence-corrected chi connectivity index (χ0v) is 8.61. The highest BCUT2D eigenvalue weighted by molar-refractivity contribution is 5.29. The van der Waals surface area contributed by atoms with Crippen molar-refractivity contribution in [3.8, 4) is 5.75 Å². The summed E-state index contributed by atoms with van der Waals surface area (Å²) in [5.74, 6) is 1.04. The van der Waals surface area contributed by atoms with Gasteiger partial charge in [-0.05, 0) is 30.7 Å². The highest BCUT2D eigenvalue weighted by Crippen LogP contribution is 2.27. The highest BCUT2D eigenvalue weighted by atomic mass is 16.3. The second-order valence-electron chi connectivity index (χ2n) is 4.05. The van der Waals surface area contributed by atoms with Crippen molar-refractivity contribution in [2.24, 2.45) is 0 Å². The first-order valence-corrected chi connectivity index (χ1v) is 5.31. The average Bonchev–Trinajstić information content (AvgIpc) is 2.13. The molecule has 2 nitrogen and oxygen atoms in total. The summed E-state index contributed by atoms with van der Waals surface area (Å²) in [5, 5.41) is 9.15. The van der Waals surface area contributed by atoms with E-state index in [1.165, 1.54) is 31.6 Å². The molecule has 0 spiro atoms. The van der Waals surface area contributed by atoms with Gasteiger partial charge in [0.15, 0.2) is 0 Å². The normalized spacial score (nSPS) is 18.1. The Labute approximate surface area is 85.2 Å². The van der Waals surface area contributed by atoms with Gasteiger partial charge in [-0.15, -0.1) is 0 Å². The number of rotatable bonds is 3. The molecule has 2 heteroatoms. The molecule has 0 aliphatic carbocycles. The van der Waals surface area contributed by atoms with Crippen LogP contribution in [0.25, 0.3) is 0 Å². The molecule has 1 aromatic rings. The average molecular weight is 191 g/mol. The van der Waals surface area contributed by atoms with Crippen LogP contribution in [-0.4, -0.2) is 29.6 Å². The fraction of sp³-hybridized carbons (Fsp3) is 0.500. The van der Waals surface area contributed by atoms with Crippen LogP contribution in [-0.2, 0) is 0 Å². The molecule has 14 heavy (non-hydrogen) atoms. The fourth-order valence-electron chi connectivity index (χ4n) is 2.03. The number of phenolic OH excluding ortho intramolecular Hbond substituents is 1. The lowest BCUT2D eigenvalue weighted by molar-refractivity contribution is 0.149. The van der Waals surface area contributed by atoms with E-state index in [9.17, 15) is 0 Å². The van der Waals surface area contributed by atoms with Gasteiger partial charge in [-0.1, -0.05) is 19.1 Å². The molecule has 0 bridgehead atoms. The quantitative estimate of drug-likeness (QED) is 0.791. The predicted octanol–water partition coefficient (Wildman–Crippen LogP) is 2.20. The minimum absolute atomic E-state index is 0.360. The van der Waals surface area contributed by atoms with E-state index in [1.807, 2.05) is 12.1 Å². The van der Waals surface area contributed by atoms with Crippen molar-refractivity contribution in [3.63, 3.8) is 0 Å². The summed E-state index contributed by atoms with van der Waals surface area (Å²) in [6, 6.07) is 7.61. The molecular formula is C12H17NO. The zero-order chi connectivity index (χ0) is 9.97. The van der Waals surface area contributed by atoms with Crippen LogP contribution < -0.4 is 0 Å². The number of hydrogen-bond donors (Lipinski definition) is 1. The van der Waals surface area contributed by atoms with Crippen molar-refractivity contribution < 1.29 is 5.11 Å². The first kappa shape index (κ1) is 9.53. The summed E-state index contributed by atoms with van der Waals surface area (Å²) in [6.45, 7) is 5.79.